The van der Waals surface area contributed by atoms with E-state index in [-0.39, 0.29) is 5.78 Å². The number of Topliss-reactive ketones (excluding diaryl/α,β-unsaturated/α-hetero) is 1. The number of aromatic nitrogens is 2. The Morgan fingerprint density at radius 3 is 2.65 bits per heavy atom. The van der Waals surface area contributed by atoms with Gasteiger partial charge in [-0.05, 0) is 17.7 Å². The number of carbonyl (C=O) groups is 1. The normalized spacial score (nSPS) is 12.0. The summed E-state index contributed by atoms with van der Waals surface area (Å²) < 4.78 is 5.05. The third kappa shape index (κ3) is 2.98. The van der Waals surface area contributed by atoms with E-state index in [0.717, 1.165) is 16.6 Å². The summed E-state index contributed by atoms with van der Waals surface area (Å²) >= 11 is 0. The highest BCUT2D eigenvalue weighted by Crippen LogP contribution is 2.21. The lowest BCUT2D eigenvalue weighted by Gasteiger charge is -2.06. The summed E-state index contributed by atoms with van der Waals surface area (Å²) in [5.41, 5.74) is 3.01. The van der Waals surface area contributed by atoms with Gasteiger partial charge in [-0.1, -0.05) is 36.4 Å². The first-order valence-electron chi connectivity index (χ1n) is 7.19. The highest BCUT2D eigenvalue weighted by atomic mass is 16.5. The van der Waals surface area contributed by atoms with Crippen LogP contribution in [0.25, 0.3) is 11.0 Å². The molecule has 5 heteroatoms. The second kappa shape index (κ2) is 6.42. The Kier molecular flexibility index (Phi) is 4.18. The number of H-pyrrole nitrogens is 1. The standard InChI is InChI=1S/C18H15N3O2/c1-23-11-12-6-8-13(9-7-12)17(22)14(10-19)18-20-15-4-2-3-5-16(15)21-18/h2-9,14H,11H2,1H3,(H,20,21). The zero-order valence-corrected chi connectivity index (χ0v) is 12.6. The number of nitriles is 1. The summed E-state index contributed by atoms with van der Waals surface area (Å²) in [5, 5.41) is 9.42. The van der Waals surface area contributed by atoms with Crippen molar-refractivity contribution in [3.63, 3.8) is 0 Å². The monoisotopic (exact) mass is 305 g/mol. The van der Waals surface area contributed by atoms with Gasteiger partial charge >= 0.3 is 0 Å². The highest BCUT2D eigenvalue weighted by Gasteiger charge is 2.25. The molecule has 0 aliphatic heterocycles. The first-order chi connectivity index (χ1) is 11.2. The van der Waals surface area contributed by atoms with Gasteiger partial charge < -0.3 is 9.72 Å². The smallest absolute Gasteiger partial charge is 0.187 e. The van der Waals surface area contributed by atoms with Gasteiger partial charge in [-0.3, -0.25) is 4.79 Å². The van der Waals surface area contributed by atoms with Crippen molar-refractivity contribution in [1.29, 1.82) is 5.26 Å². The molecule has 0 saturated heterocycles. The number of ketones is 1. The molecule has 0 saturated carbocycles. The molecule has 2 aromatic carbocycles. The molecule has 0 aliphatic carbocycles. The number of nitrogens with zero attached hydrogens (tertiary/aromatic N) is 2. The van der Waals surface area contributed by atoms with Crippen molar-refractivity contribution in [3.05, 3.63) is 65.5 Å². The van der Waals surface area contributed by atoms with Crippen LogP contribution in [0.15, 0.2) is 48.5 Å². The molecule has 23 heavy (non-hydrogen) atoms. The Morgan fingerprint density at radius 1 is 1.26 bits per heavy atom. The molecule has 0 aliphatic rings. The van der Waals surface area contributed by atoms with Crippen LogP contribution in [0.4, 0.5) is 0 Å². The second-order valence-corrected chi connectivity index (χ2v) is 5.20. The zero-order valence-electron chi connectivity index (χ0n) is 12.6. The van der Waals surface area contributed by atoms with Gasteiger partial charge in [0.15, 0.2) is 11.7 Å². The van der Waals surface area contributed by atoms with Crippen LogP contribution in [-0.4, -0.2) is 22.9 Å². The molecule has 5 nitrogen and oxygen atoms in total. The van der Waals surface area contributed by atoms with Crippen LogP contribution in [0.1, 0.15) is 27.7 Å². The van der Waals surface area contributed by atoms with Gasteiger partial charge in [0.05, 0.1) is 23.7 Å². The Bertz CT molecular complexity index is 842. The largest absolute Gasteiger partial charge is 0.380 e. The molecule has 1 atom stereocenters. The molecular weight excluding hydrogens is 290 g/mol. The van der Waals surface area contributed by atoms with Crippen LogP contribution >= 0.6 is 0 Å². The number of methoxy groups -OCH3 is 1. The summed E-state index contributed by atoms with van der Waals surface area (Å²) in [6.45, 7) is 0.486. The SMILES string of the molecule is COCc1ccc(C(=O)C(C#N)c2nc3ccccc3[nH]2)cc1. The number of benzene rings is 2. The topological polar surface area (TPSA) is 78.8 Å². The minimum atomic E-state index is -0.948. The van der Waals surface area contributed by atoms with Crippen molar-refractivity contribution in [2.75, 3.05) is 7.11 Å². The number of rotatable bonds is 5. The van der Waals surface area contributed by atoms with Gasteiger partial charge in [0.25, 0.3) is 0 Å². The van der Waals surface area contributed by atoms with Crippen molar-refractivity contribution < 1.29 is 9.53 Å². The minimum absolute atomic E-state index is 0.268. The van der Waals surface area contributed by atoms with Crippen LogP contribution in [0, 0.1) is 11.3 Å². The highest BCUT2D eigenvalue weighted by molar-refractivity contribution is 6.02. The molecule has 1 heterocycles. The maximum atomic E-state index is 12.6. The van der Waals surface area contributed by atoms with Crippen LogP contribution in [0.2, 0.25) is 0 Å². The third-order valence-corrected chi connectivity index (χ3v) is 3.62. The van der Waals surface area contributed by atoms with E-state index in [9.17, 15) is 10.1 Å². The summed E-state index contributed by atoms with van der Waals surface area (Å²) in [5.74, 6) is -0.842. The number of para-hydroxylation sites is 2. The lowest BCUT2D eigenvalue weighted by molar-refractivity contribution is 0.0976. The Balaban J connectivity index is 1.90. The third-order valence-electron chi connectivity index (χ3n) is 3.62. The molecule has 0 fully saturated rings. The minimum Gasteiger partial charge on any atom is -0.380 e. The molecule has 0 bridgehead atoms. The van der Waals surface area contributed by atoms with Gasteiger partial charge in [-0.25, -0.2) is 4.98 Å². The van der Waals surface area contributed by atoms with Gasteiger partial charge in [-0.2, -0.15) is 5.26 Å². The number of fused-ring (bicyclic) bond motifs is 1. The van der Waals surface area contributed by atoms with Crippen LogP contribution in [0.5, 0.6) is 0 Å². The Labute approximate surface area is 133 Å². The maximum absolute atomic E-state index is 12.6. The first kappa shape index (κ1) is 14.9. The summed E-state index contributed by atoms with van der Waals surface area (Å²) in [6.07, 6.45) is 0. The average Bonchev–Trinajstić information content (AvgIpc) is 3.00. The number of hydrogen-bond acceptors (Lipinski definition) is 4. The number of carbonyl (C=O) groups excluding carboxylic acids is 1. The molecule has 0 radical (unpaired) electrons. The van der Waals surface area contributed by atoms with E-state index in [1.54, 1.807) is 19.2 Å². The van der Waals surface area contributed by atoms with Crippen molar-refractivity contribution in [1.82, 2.24) is 9.97 Å². The van der Waals surface area contributed by atoms with E-state index in [0.29, 0.717) is 18.0 Å². The molecular formula is C18H15N3O2. The molecule has 0 amide bonds. The van der Waals surface area contributed by atoms with Crippen LogP contribution in [0.3, 0.4) is 0 Å². The number of hydrogen-bond donors (Lipinski definition) is 1. The van der Waals surface area contributed by atoms with Crippen molar-refractivity contribution in [2.45, 2.75) is 12.5 Å². The van der Waals surface area contributed by atoms with E-state index < -0.39 is 5.92 Å². The lowest BCUT2D eigenvalue weighted by atomic mass is 9.97. The Hall–Kier alpha value is -2.97. The van der Waals surface area contributed by atoms with Crippen molar-refractivity contribution in [2.24, 2.45) is 0 Å². The summed E-state index contributed by atoms with van der Waals surface area (Å²) in [7, 11) is 1.62. The number of aromatic amines is 1. The molecule has 1 unspecified atom stereocenters. The maximum Gasteiger partial charge on any atom is 0.187 e. The fourth-order valence-corrected chi connectivity index (χ4v) is 2.45. The van der Waals surface area contributed by atoms with Crippen LogP contribution < -0.4 is 0 Å². The summed E-state index contributed by atoms with van der Waals surface area (Å²) in [6, 6.07) is 16.6. The van der Waals surface area contributed by atoms with E-state index >= 15 is 0 Å². The molecule has 0 spiro atoms. The summed E-state index contributed by atoms with van der Waals surface area (Å²) in [4.78, 5) is 20.0. The lowest BCUT2D eigenvalue weighted by Crippen LogP contribution is -2.12. The van der Waals surface area contributed by atoms with Gasteiger partial charge in [0, 0.05) is 12.7 Å². The average molecular weight is 305 g/mol. The Morgan fingerprint density at radius 2 is 2.00 bits per heavy atom. The molecule has 1 aromatic heterocycles. The van der Waals surface area contributed by atoms with Gasteiger partial charge in [-0.15, -0.1) is 0 Å². The predicted octanol–water partition coefficient (Wildman–Crippen LogP) is 3.20. The van der Waals surface area contributed by atoms with E-state index in [1.165, 1.54) is 0 Å². The molecule has 1 N–H and O–H groups in total. The second-order valence-electron chi connectivity index (χ2n) is 5.20. The number of ether oxygens (including phenoxy) is 1. The van der Waals surface area contributed by atoms with E-state index in [2.05, 4.69) is 9.97 Å². The quantitative estimate of drug-likeness (QED) is 0.734. The molecule has 114 valence electrons. The van der Waals surface area contributed by atoms with E-state index in [1.807, 2.05) is 42.5 Å². The zero-order chi connectivity index (χ0) is 16.2. The van der Waals surface area contributed by atoms with Crippen LogP contribution in [-0.2, 0) is 11.3 Å². The van der Waals surface area contributed by atoms with Crippen molar-refractivity contribution >= 4 is 16.8 Å². The first-order valence-corrected chi connectivity index (χ1v) is 7.19. The molecule has 3 aromatic rings. The predicted molar refractivity (Wildman–Crippen MR) is 85.9 cm³/mol. The van der Waals surface area contributed by atoms with E-state index in [4.69, 9.17) is 4.74 Å². The van der Waals surface area contributed by atoms with Gasteiger partial charge in [0.1, 0.15) is 5.82 Å². The van der Waals surface area contributed by atoms with Gasteiger partial charge in [0.2, 0.25) is 0 Å². The fraction of sp³-hybridized carbons (Fsp3) is 0.167. The van der Waals surface area contributed by atoms with Crippen molar-refractivity contribution in [3.8, 4) is 6.07 Å². The number of nitrogens with one attached hydrogen (secondary N) is 1. The fourth-order valence-electron chi connectivity index (χ4n) is 2.45. The number of imidazole rings is 1. The molecule has 3 rings (SSSR count).